The number of nitrogens with one attached hydrogen (secondary N) is 2. The van der Waals surface area contributed by atoms with Crippen LogP contribution in [0, 0.1) is 23.2 Å². The number of aromatic nitrogens is 2. The molecule has 188 valence electrons. The van der Waals surface area contributed by atoms with Crippen molar-refractivity contribution < 1.29 is 32.6 Å². The Hall–Kier alpha value is -2.56. The molecule has 8 nitrogen and oxygen atoms in total. The topological polar surface area (TPSA) is 105 Å². The molecule has 4 bridgehead atoms. The van der Waals surface area contributed by atoms with Crippen molar-refractivity contribution in [1.29, 1.82) is 0 Å². The number of hydrogen-bond acceptors (Lipinski definition) is 5. The second kappa shape index (κ2) is 8.58. The first-order chi connectivity index (χ1) is 15.9. The molecule has 34 heavy (non-hydrogen) atoms. The van der Waals surface area contributed by atoms with Gasteiger partial charge in [-0.2, -0.15) is 18.3 Å². The summed E-state index contributed by atoms with van der Waals surface area (Å²) in [5.74, 6) is 0.0430. The Labute approximate surface area is 195 Å². The van der Waals surface area contributed by atoms with Crippen LogP contribution in [0.4, 0.5) is 18.0 Å². The molecule has 0 saturated heterocycles. The summed E-state index contributed by atoms with van der Waals surface area (Å²) in [5, 5.41) is 19.1. The molecule has 0 aromatic carbocycles. The molecule has 0 aliphatic heterocycles. The average Bonchev–Trinajstić information content (AvgIpc) is 3.19. The van der Waals surface area contributed by atoms with E-state index in [1.165, 1.54) is 13.2 Å². The Morgan fingerprint density at radius 3 is 2.47 bits per heavy atom. The number of amides is 2. The van der Waals surface area contributed by atoms with E-state index in [4.69, 9.17) is 0 Å². The number of ether oxygens (including phenoxy) is 1. The van der Waals surface area contributed by atoms with Gasteiger partial charge in [-0.05, 0) is 75.2 Å². The van der Waals surface area contributed by atoms with E-state index in [9.17, 15) is 27.9 Å². The van der Waals surface area contributed by atoms with Crippen molar-refractivity contribution in [2.24, 2.45) is 23.2 Å². The number of alkyl carbamates (subject to hydrolysis) is 1. The van der Waals surface area contributed by atoms with Crippen LogP contribution in [0.2, 0.25) is 0 Å². The maximum absolute atomic E-state index is 14.0. The number of alkyl halides is 3. The molecule has 1 aromatic rings. The number of carbonyl (C=O) groups excluding carboxylic acids is 2. The van der Waals surface area contributed by atoms with Gasteiger partial charge in [0, 0.05) is 18.8 Å². The fraction of sp³-hybridized carbons (Fsp3) is 0.696. The van der Waals surface area contributed by atoms with Crippen molar-refractivity contribution in [2.75, 3.05) is 13.7 Å². The quantitative estimate of drug-likeness (QED) is 0.574. The average molecular weight is 485 g/mol. The number of aliphatic hydroxyl groups is 1. The molecular formula is C23H31F3N4O4. The minimum Gasteiger partial charge on any atom is -0.453 e. The number of aliphatic hydroxyl groups excluding tert-OH is 1. The van der Waals surface area contributed by atoms with Crippen LogP contribution < -0.4 is 10.6 Å². The molecule has 1 aromatic heterocycles. The highest BCUT2D eigenvalue weighted by atomic mass is 19.4. The Morgan fingerprint density at radius 2 is 1.91 bits per heavy atom. The summed E-state index contributed by atoms with van der Waals surface area (Å²) in [6, 6.07) is -0.202. The Bertz CT molecular complexity index is 971. The molecule has 0 radical (unpaired) electrons. The van der Waals surface area contributed by atoms with Crippen LogP contribution in [0.3, 0.4) is 0 Å². The van der Waals surface area contributed by atoms with Gasteiger partial charge in [-0.25, -0.2) is 9.48 Å². The highest BCUT2D eigenvalue weighted by Gasteiger charge is 2.55. The lowest BCUT2D eigenvalue weighted by atomic mass is 9.48. The minimum atomic E-state index is -4.82. The molecule has 2 unspecified atom stereocenters. The zero-order chi connectivity index (χ0) is 24.9. The molecule has 11 heteroatoms. The van der Waals surface area contributed by atoms with E-state index in [0.717, 1.165) is 44.5 Å². The summed E-state index contributed by atoms with van der Waals surface area (Å²) in [6.45, 7) is 3.28. The van der Waals surface area contributed by atoms with Gasteiger partial charge in [0.2, 0.25) is 0 Å². The monoisotopic (exact) mass is 484 g/mol. The highest BCUT2D eigenvalue weighted by Crippen LogP contribution is 2.59. The first-order valence-corrected chi connectivity index (χ1v) is 11.5. The van der Waals surface area contributed by atoms with Crippen LogP contribution in [0.1, 0.15) is 62.0 Å². The van der Waals surface area contributed by atoms with E-state index < -0.39 is 35.0 Å². The number of halogens is 3. The second-order valence-electron chi connectivity index (χ2n) is 10.6. The first kappa shape index (κ1) is 24.6. The molecule has 4 saturated carbocycles. The van der Waals surface area contributed by atoms with E-state index in [0.29, 0.717) is 10.6 Å². The van der Waals surface area contributed by atoms with Crippen LogP contribution in [0.15, 0.2) is 12.3 Å². The fourth-order valence-electron chi connectivity index (χ4n) is 6.39. The maximum Gasteiger partial charge on any atom is 0.434 e. The third-order valence-corrected chi connectivity index (χ3v) is 7.58. The van der Waals surface area contributed by atoms with Gasteiger partial charge in [-0.15, -0.1) is 0 Å². The standard InChI is InChI=1S/C23H31F3N4O4/c1-21(2,29-20(33)34-3)4-5-30-18(23(24,25)26)16(11-27-30)19(32)28-17-14-6-13-7-15(17)10-22(8-13,9-14)12-31/h4-5,11,13-15,17,31H,6-10,12H2,1-3H3,(H,28,32)(H,29,33). The third-order valence-electron chi connectivity index (χ3n) is 7.58. The van der Waals surface area contributed by atoms with Gasteiger partial charge < -0.3 is 20.5 Å². The van der Waals surface area contributed by atoms with Crippen LogP contribution in [0.25, 0.3) is 6.20 Å². The smallest absolute Gasteiger partial charge is 0.434 e. The van der Waals surface area contributed by atoms with Gasteiger partial charge in [0.05, 0.1) is 24.4 Å². The highest BCUT2D eigenvalue weighted by molar-refractivity contribution is 5.95. The lowest BCUT2D eigenvalue weighted by Crippen LogP contribution is -2.60. The molecule has 4 aliphatic carbocycles. The molecule has 4 fully saturated rings. The lowest BCUT2D eigenvalue weighted by molar-refractivity contribution is -0.142. The van der Waals surface area contributed by atoms with Gasteiger partial charge in [0.15, 0.2) is 5.69 Å². The zero-order valence-corrected chi connectivity index (χ0v) is 19.5. The predicted octanol–water partition coefficient (Wildman–Crippen LogP) is 3.42. The Kier molecular flexibility index (Phi) is 6.20. The van der Waals surface area contributed by atoms with Crippen molar-refractivity contribution in [3.8, 4) is 0 Å². The second-order valence-corrected chi connectivity index (χ2v) is 10.6. The molecule has 4 aliphatic rings. The molecule has 2 amide bonds. The molecular weight excluding hydrogens is 453 g/mol. The van der Waals surface area contributed by atoms with Crippen LogP contribution >= 0.6 is 0 Å². The van der Waals surface area contributed by atoms with Crippen molar-refractivity contribution in [3.63, 3.8) is 0 Å². The molecule has 5 rings (SSSR count). The number of rotatable bonds is 6. The summed E-state index contributed by atoms with van der Waals surface area (Å²) in [4.78, 5) is 24.5. The predicted molar refractivity (Wildman–Crippen MR) is 117 cm³/mol. The molecule has 0 spiro atoms. The summed E-state index contributed by atoms with van der Waals surface area (Å²) >= 11 is 0. The van der Waals surface area contributed by atoms with E-state index >= 15 is 0 Å². The zero-order valence-electron chi connectivity index (χ0n) is 19.5. The lowest BCUT2D eigenvalue weighted by Gasteiger charge is -2.59. The van der Waals surface area contributed by atoms with Gasteiger partial charge in [-0.1, -0.05) is 0 Å². The van der Waals surface area contributed by atoms with Crippen molar-refractivity contribution in [2.45, 2.75) is 63.7 Å². The maximum atomic E-state index is 14.0. The van der Waals surface area contributed by atoms with E-state index in [2.05, 4.69) is 20.5 Å². The van der Waals surface area contributed by atoms with Crippen LogP contribution in [-0.4, -0.2) is 52.2 Å². The van der Waals surface area contributed by atoms with Gasteiger partial charge in [0.1, 0.15) is 0 Å². The third kappa shape index (κ3) is 4.67. The van der Waals surface area contributed by atoms with E-state index in [1.54, 1.807) is 13.8 Å². The summed E-state index contributed by atoms with van der Waals surface area (Å²) in [5.41, 5.74) is -2.84. The largest absolute Gasteiger partial charge is 0.453 e. The number of hydrogen-bond donors (Lipinski definition) is 3. The normalized spacial score (nSPS) is 30.6. The molecule has 1 heterocycles. The van der Waals surface area contributed by atoms with Crippen molar-refractivity contribution >= 4 is 18.2 Å². The molecule has 3 N–H and O–H groups in total. The summed E-state index contributed by atoms with van der Waals surface area (Å²) in [6.07, 6.45) is 2.21. The van der Waals surface area contributed by atoms with Gasteiger partial charge in [0.25, 0.3) is 5.91 Å². The fourth-order valence-corrected chi connectivity index (χ4v) is 6.39. The van der Waals surface area contributed by atoms with Crippen molar-refractivity contribution in [3.05, 3.63) is 23.5 Å². The van der Waals surface area contributed by atoms with Crippen LogP contribution in [-0.2, 0) is 10.9 Å². The Morgan fingerprint density at radius 1 is 1.26 bits per heavy atom. The number of nitrogens with zero attached hydrogens (tertiary/aromatic N) is 2. The minimum absolute atomic E-state index is 0.102. The van der Waals surface area contributed by atoms with Crippen LogP contribution in [0.5, 0.6) is 0 Å². The summed E-state index contributed by atoms with van der Waals surface area (Å²) < 4.78 is 47.0. The van der Waals surface area contributed by atoms with E-state index in [-0.39, 0.29) is 29.9 Å². The van der Waals surface area contributed by atoms with E-state index in [1.807, 2.05) is 0 Å². The van der Waals surface area contributed by atoms with Gasteiger partial charge >= 0.3 is 12.3 Å². The number of methoxy groups -OCH3 is 1. The van der Waals surface area contributed by atoms with Gasteiger partial charge in [-0.3, -0.25) is 4.79 Å². The van der Waals surface area contributed by atoms with Crippen molar-refractivity contribution in [1.82, 2.24) is 20.4 Å². The Balaban J connectivity index is 1.54. The number of carbonyl (C=O) groups is 2. The molecule has 2 atom stereocenters. The SMILES string of the molecule is COC(=O)NC(C)(C)C=Cn1ncc(C(=O)NC2C3CC4CC2CC(CO)(C4)C3)c1C(F)(F)F. The first-order valence-electron chi connectivity index (χ1n) is 11.5. The summed E-state index contributed by atoms with van der Waals surface area (Å²) in [7, 11) is 1.18.